The number of fused-ring (bicyclic) bond motifs is 5. The van der Waals surface area contributed by atoms with E-state index in [0.29, 0.717) is 21.9 Å². The van der Waals surface area contributed by atoms with Crippen molar-refractivity contribution in [3.63, 3.8) is 0 Å². The van der Waals surface area contributed by atoms with E-state index >= 15 is 0 Å². The number of allylic oxidation sites excluding steroid dienone is 2. The Morgan fingerprint density at radius 3 is 1.92 bits per heavy atom. The van der Waals surface area contributed by atoms with Gasteiger partial charge in [-0.05, 0) is 42.5 Å². The lowest BCUT2D eigenvalue weighted by Gasteiger charge is -2.37. The molecule has 1 heterocycles. The van der Waals surface area contributed by atoms with E-state index < -0.39 is 5.60 Å². The smallest absolute Gasteiger partial charge is 0.311 e. The minimum absolute atomic E-state index is 0.0682. The van der Waals surface area contributed by atoms with Gasteiger partial charge in [0.1, 0.15) is 0 Å². The third-order valence-electron chi connectivity index (χ3n) is 6.01. The highest BCUT2D eigenvalue weighted by Crippen LogP contribution is 2.62. The van der Waals surface area contributed by atoms with Crippen LogP contribution in [0, 0.1) is 23.7 Å². The number of carbonyl (C=O) groups is 1. The van der Waals surface area contributed by atoms with Crippen molar-refractivity contribution in [1.29, 1.82) is 0 Å². The highest BCUT2D eigenvalue weighted by Gasteiger charge is 2.65. The zero-order valence-electron chi connectivity index (χ0n) is 13.4. The van der Waals surface area contributed by atoms with E-state index in [9.17, 15) is 4.79 Å². The molecule has 0 unspecified atom stereocenters. The molecule has 126 valence electrons. The summed E-state index contributed by atoms with van der Waals surface area (Å²) in [5, 5.41) is 1.34. The summed E-state index contributed by atoms with van der Waals surface area (Å²) in [5.74, 6) is 0.599. The van der Waals surface area contributed by atoms with Crippen LogP contribution >= 0.6 is 23.2 Å². The standard InChI is InChI=1S/C21H16Cl2O2/c22-16-7-3-14(4-8-16)21(15-5-9-17(23)10-6-15)19-13-2-1-12(11-13)18(19)20(24)25-21/h1-10,12-13,18-19H,11H2/t12-,13+,18-,19+/m0/s1. The molecule has 0 amide bonds. The third kappa shape index (κ3) is 2.07. The largest absolute Gasteiger partial charge is 0.449 e. The molecule has 2 fully saturated rings. The minimum Gasteiger partial charge on any atom is -0.449 e. The van der Waals surface area contributed by atoms with Gasteiger partial charge in [-0.2, -0.15) is 0 Å². The lowest BCUT2D eigenvalue weighted by Crippen LogP contribution is -2.38. The fourth-order valence-electron chi connectivity index (χ4n) is 5.06. The topological polar surface area (TPSA) is 26.3 Å². The van der Waals surface area contributed by atoms with E-state index in [4.69, 9.17) is 27.9 Å². The first-order chi connectivity index (χ1) is 12.1. The lowest BCUT2D eigenvalue weighted by atomic mass is 9.68. The average molecular weight is 371 g/mol. The van der Waals surface area contributed by atoms with Crippen molar-refractivity contribution in [2.75, 3.05) is 0 Å². The Morgan fingerprint density at radius 2 is 1.36 bits per heavy atom. The van der Waals surface area contributed by atoms with Crippen molar-refractivity contribution < 1.29 is 9.53 Å². The maximum atomic E-state index is 12.8. The maximum Gasteiger partial charge on any atom is 0.311 e. The molecule has 5 rings (SSSR count). The molecule has 4 heteroatoms. The first-order valence-electron chi connectivity index (χ1n) is 8.53. The number of halogens is 2. The quantitative estimate of drug-likeness (QED) is 0.534. The van der Waals surface area contributed by atoms with Crippen molar-refractivity contribution >= 4 is 29.2 Å². The van der Waals surface area contributed by atoms with Crippen LogP contribution in [0.25, 0.3) is 0 Å². The Morgan fingerprint density at radius 1 is 0.840 bits per heavy atom. The van der Waals surface area contributed by atoms with Gasteiger partial charge in [-0.25, -0.2) is 0 Å². The summed E-state index contributed by atoms with van der Waals surface area (Å²) >= 11 is 12.2. The Bertz CT molecular complexity index is 824. The summed E-state index contributed by atoms with van der Waals surface area (Å²) in [6.45, 7) is 0. The lowest BCUT2D eigenvalue weighted by molar-refractivity contribution is -0.150. The van der Waals surface area contributed by atoms with Crippen molar-refractivity contribution in [2.24, 2.45) is 23.7 Å². The normalized spacial score (nSPS) is 31.2. The number of carbonyl (C=O) groups excluding carboxylic acids is 1. The van der Waals surface area contributed by atoms with Gasteiger partial charge in [-0.1, -0.05) is 59.6 Å². The van der Waals surface area contributed by atoms with Gasteiger partial charge in [0.2, 0.25) is 0 Å². The molecule has 0 radical (unpaired) electrons. The summed E-state index contributed by atoms with van der Waals surface area (Å²) in [4.78, 5) is 12.8. The fourth-order valence-corrected chi connectivity index (χ4v) is 5.31. The van der Waals surface area contributed by atoms with Crippen LogP contribution in [-0.2, 0) is 15.1 Å². The van der Waals surface area contributed by atoms with Crippen LogP contribution in [0.15, 0.2) is 60.7 Å². The van der Waals surface area contributed by atoms with Crippen LogP contribution in [0.2, 0.25) is 10.0 Å². The molecule has 1 saturated heterocycles. The highest BCUT2D eigenvalue weighted by atomic mass is 35.5. The van der Waals surface area contributed by atoms with E-state index in [1.165, 1.54) is 0 Å². The molecule has 0 N–H and O–H groups in total. The van der Waals surface area contributed by atoms with Gasteiger partial charge in [0.15, 0.2) is 5.60 Å². The molecule has 2 aliphatic carbocycles. The molecule has 0 spiro atoms. The van der Waals surface area contributed by atoms with Gasteiger partial charge in [0.25, 0.3) is 0 Å². The number of esters is 1. The van der Waals surface area contributed by atoms with E-state index in [1.807, 2.05) is 48.5 Å². The molecule has 1 saturated carbocycles. The number of benzene rings is 2. The molecule has 3 aliphatic rings. The molecular weight excluding hydrogens is 355 g/mol. The monoisotopic (exact) mass is 370 g/mol. The van der Waals surface area contributed by atoms with E-state index in [0.717, 1.165) is 17.5 Å². The SMILES string of the molecule is O=C1OC(c2ccc(Cl)cc2)(c2ccc(Cl)cc2)[C@H]2[C@@H]1[C@H]1C=C[C@@H]2C1. The fraction of sp³-hybridized carbons (Fsp3) is 0.286. The summed E-state index contributed by atoms with van der Waals surface area (Å²) < 4.78 is 6.18. The number of cyclic esters (lactones) is 1. The molecule has 2 bridgehead atoms. The zero-order chi connectivity index (χ0) is 17.2. The molecule has 2 aromatic carbocycles. The van der Waals surface area contributed by atoms with Crippen molar-refractivity contribution in [3.05, 3.63) is 81.9 Å². The first kappa shape index (κ1) is 15.5. The van der Waals surface area contributed by atoms with Gasteiger partial charge >= 0.3 is 5.97 Å². The molecular formula is C21H16Cl2O2. The zero-order valence-corrected chi connectivity index (χ0v) is 14.9. The van der Waals surface area contributed by atoms with Gasteiger partial charge in [0.05, 0.1) is 5.92 Å². The van der Waals surface area contributed by atoms with Gasteiger partial charge < -0.3 is 4.74 Å². The van der Waals surface area contributed by atoms with Crippen LogP contribution in [0.4, 0.5) is 0 Å². The van der Waals surface area contributed by atoms with Crippen LogP contribution in [0.3, 0.4) is 0 Å². The molecule has 2 aromatic rings. The van der Waals surface area contributed by atoms with E-state index in [2.05, 4.69) is 12.2 Å². The van der Waals surface area contributed by atoms with Crippen LogP contribution in [0.1, 0.15) is 17.5 Å². The van der Waals surface area contributed by atoms with Crippen molar-refractivity contribution in [3.8, 4) is 0 Å². The summed E-state index contributed by atoms with van der Waals surface area (Å²) in [6, 6.07) is 15.3. The Balaban J connectivity index is 1.75. The second-order valence-electron chi connectivity index (χ2n) is 7.17. The molecule has 25 heavy (non-hydrogen) atoms. The van der Waals surface area contributed by atoms with Gasteiger partial charge in [0, 0.05) is 27.1 Å². The number of hydrogen-bond acceptors (Lipinski definition) is 2. The van der Waals surface area contributed by atoms with Crippen LogP contribution in [-0.4, -0.2) is 5.97 Å². The minimum atomic E-state index is -0.777. The van der Waals surface area contributed by atoms with Crippen LogP contribution in [0.5, 0.6) is 0 Å². The van der Waals surface area contributed by atoms with Crippen molar-refractivity contribution in [2.45, 2.75) is 12.0 Å². The van der Waals surface area contributed by atoms with E-state index in [-0.39, 0.29) is 17.8 Å². The molecule has 2 nitrogen and oxygen atoms in total. The molecule has 4 atom stereocenters. The Labute approximate surface area is 156 Å². The number of hydrogen-bond donors (Lipinski definition) is 0. The van der Waals surface area contributed by atoms with Gasteiger partial charge in [-0.3, -0.25) is 4.79 Å². The number of ether oxygens (including phenoxy) is 1. The molecule has 0 aromatic heterocycles. The van der Waals surface area contributed by atoms with Crippen molar-refractivity contribution in [1.82, 2.24) is 0 Å². The summed E-state index contributed by atoms with van der Waals surface area (Å²) in [7, 11) is 0. The predicted octanol–water partition coefficient (Wildman–Crippen LogP) is 5.23. The second kappa shape index (κ2) is 5.36. The maximum absolute atomic E-state index is 12.8. The van der Waals surface area contributed by atoms with E-state index in [1.54, 1.807) is 0 Å². The highest BCUT2D eigenvalue weighted by molar-refractivity contribution is 6.30. The average Bonchev–Trinajstić information content (AvgIpc) is 3.29. The van der Waals surface area contributed by atoms with Gasteiger partial charge in [-0.15, -0.1) is 0 Å². The predicted molar refractivity (Wildman–Crippen MR) is 97.5 cm³/mol. The third-order valence-corrected chi connectivity index (χ3v) is 6.51. The molecule has 1 aliphatic heterocycles. The summed E-state index contributed by atoms with van der Waals surface area (Å²) in [5.41, 5.74) is 1.17. The number of rotatable bonds is 2. The second-order valence-corrected chi connectivity index (χ2v) is 8.04. The van der Waals surface area contributed by atoms with Crippen LogP contribution < -0.4 is 0 Å². The Kier molecular flexibility index (Phi) is 3.32. The first-order valence-corrected chi connectivity index (χ1v) is 9.28. The Hall–Kier alpha value is -1.77. The summed E-state index contributed by atoms with van der Waals surface area (Å²) in [6.07, 6.45) is 5.48.